The molecule has 5 heteroatoms. The molecule has 0 atom stereocenters. The molecule has 82 valence electrons. The van der Waals surface area contributed by atoms with Gasteiger partial charge in [0.2, 0.25) is 11.5 Å². The molecule has 1 aliphatic heterocycles. The number of carboxylic acid groups (broad SMARTS) is 1. The number of rotatable bonds is 1. The third kappa shape index (κ3) is 1.57. The van der Waals surface area contributed by atoms with Gasteiger partial charge in [-0.1, -0.05) is 23.2 Å². The summed E-state index contributed by atoms with van der Waals surface area (Å²) in [7, 11) is 0. The molecule has 2 rings (SSSR count). The first-order chi connectivity index (χ1) is 7.50. The second-order valence-electron chi connectivity index (χ2n) is 3.38. The number of aliphatic carboxylic acids is 1. The van der Waals surface area contributed by atoms with Gasteiger partial charge in [0.05, 0.1) is 5.56 Å². The van der Waals surface area contributed by atoms with E-state index >= 15 is 0 Å². The van der Waals surface area contributed by atoms with Gasteiger partial charge in [-0.2, -0.15) is 0 Å². The molecule has 0 saturated heterocycles. The molecule has 0 spiro atoms. The molecular weight excluding hydrogens is 232 g/mol. The first kappa shape index (κ1) is 10.7. The summed E-state index contributed by atoms with van der Waals surface area (Å²) in [4.78, 5) is 22.4. The lowest BCUT2D eigenvalue weighted by molar-refractivity contribution is -0.132. The van der Waals surface area contributed by atoms with Crippen LogP contribution in [0.4, 0.5) is 0 Å². The van der Waals surface area contributed by atoms with Crippen LogP contribution in [0.25, 0.3) is 0 Å². The third-order valence-corrected chi connectivity index (χ3v) is 2.52. The Bertz CT molecular complexity index is 531. The van der Waals surface area contributed by atoms with Crippen LogP contribution >= 0.6 is 11.6 Å². The number of aryl methyl sites for hydroxylation is 1. The Labute approximate surface area is 96.1 Å². The van der Waals surface area contributed by atoms with Crippen molar-refractivity contribution in [3.63, 3.8) is 0 Å². The van der Waals surface area contributed by atoms with Crippen molar-refractivity contribution in [2.24, 2.45) is 0 Å². The normalized spacial score (nSPS) is 16.8. The number of carboxylic acids is 1. The van der Waals surface area contributed by atoms with Crippen LogP contribution in [0.2, 0.25) is 0 Å². The Balaban J connectivity index is 2.54. The van der Waals surface area contributed by atoms with Crippen LogP contribution in [0.5, 0.6) is 5.75 Å². The minimum Gasteiger partial charge on any atom is -0.477 e. The van der Waals surface area contributed by atoms with Gasteiger partial charge >= 0.3 is 5.97 Å². The van der Waals surface area contributed by atoms with E-state index in [-0.39, 0.29) is 5.76 Å². The summed E-state index contributed by atoms with van der Waals surface area (Å²) in [5.74, 6) is -1.86. The summed E-state index contributed by atoms with van der Waals surface area (Å²) < 4.78 is 5.11. The van der Waals surface area contributed by atoms with E-state index in [2.05, 4.69) is 0 Å². The number of fused-ring (bicyclic) bond motifs is 1. The number of carbonyl (C=O) groups excluding carboxylic acids is 1. The van der Waals surface area contributed by atoms with Crippen molar-refractivity contribution in [3.8, 4) is 5.75 Å². The van der Waals surface area contributed by atoms with Crippen molar-refractivity contribution in [1.29, 1.82) is 0 Å². The molecule has 1 aromatic rings. The lowest BCUT2D eigenvalue weighted by atomic mass is 10.1. The molecule has 1 aliphatic rings. The molecule has 0 unspecified atom stereocenters. The van der Waals surface area contributed by atoms with Crippen molar-refractivity contribution in [3.05, 3.63) is 40.1 Å². The summed E-state index contributed by atoms with van der Waals surface area (Å²) in [6, 6.07) is 5.02. The fraction of sp³-hybridized carbons (Fsp3) is 0.0909. The number of hydrogen-bond acceptors (Lipinski definition) is 3. The van der Waals surface area contributed by atoms with Crippen molar-refractivity contribution >= 4 is 23.4 Å². The number of benzene rings is 1. The topological polar surface area (TPSA) is 63.6 Å². The monoisotopic (exact) mass is 238 g/mol. The number of hydrogen-bond donors (Lipinski definition) is 1. The zero-order chi connectivity index (χ0) is 11.9. The van der Waals surface area contributed by atoms with Crippen LogP contribution < -0.4 is 4.74 Å². The van der Waals surface area contributed by atoms with Crippen LogP contribution in [0.15, 0.2) is 29.0 Å². The van der Waals surface area contributed by atoms with E-state index in [0.29, 0.717) is 11.3 Å². The number of halogens is 1. The summed E-state index contributed by atoms with van der Waals surface area (Å²) in [5.41, 5.74) is 1.23. The van der Waals surface area contributed by atoms with E-state index in [1.165, 1.54) is 0 Å². The van der Waals surface area contributed by atoms with Gasteiger partial charge < -0.3 is 9.84 Å². The van der Waals surface area contributed by atoms with Crippen molar-refractivity contribution < 1.29 is 19.4 Å². The summed E-state index contributed by atoms with van der Waals surface area (Å²) >= 11 is 5.48. The molecule has 0 aromatic heterocycles. The van der Waals surface area contributed by atoms with Crippen molar-refractivity contribution in [1.82, 2.24) is 0 Å². The van der Waals surface area contributed by atoms with Crippen molar-refractivity contribution in [2.45, 2.75) is 6.92 Å². The molecule has 0 bridgehead atoms. The zero-order valence-electron chi connectivity index (χ0n) is 8.28. The fourth-order valence-electron chi connectivity index (χ4n) is 1.43. The van der Waals surface area contributed by atoms with Crippen LogP contribution in [0, 0.1) is 6.92 Å². The lowest BCUT2D eigenvalue weighted by Crippen LogP contribution is -2.07. The number of ketones is 1. The molecule has 0 aliphatic carbocycles. The average Bonchev–Trinajstić information content (AvgIpc) is 2.55. The second kappa shape index (κ2) is 3.64. The highest BCUT2D eigenvalue weighted by Gasteiger charge is 2.31. The van der Waals surface area contributed by atoms with Gasteiger partial charge in [-0.25, -0.2) is 4.79 Å². The maximum Gasteiger partial charge on any atom is 0.351 e. The standard InChI is InChI=1S/C11H7ClO4/c1-5-2-3-7-6(4-5)9(13)10(16-7)8(12)11(14)15/h2-4H,1H3,(H,14,15)/b10-8+. The number of carbonyl (C=O) groups is 2. The molecule has 1 N–H and O–H groups in total. The van der Waals surface area contributed by atoms with Crippen molar-refractivity contribution in [2.75, 3.05) is 0 Å². The Hall–Kier alpha value is -1.81. The molecule has 1 aromatic carbocycles. The Morgan fingerprint density at radius 2 is 2.12 bits per heavy atom. The van der Waals surface area contributed by atoms with Crippen LogP contribution in [-0.4, -0.2) is 16.9 Å². The van der Waals surface area contributed by atoms with E-state index in [4.69, 9.17) is 21.4 Å². The molecule has 1 heterocycles. The smallest absolute Gasteiger partial charge is 0.351 e. The minimum atomic E-state index is -1.38. The molecule has 0 amide bonds. The summed E-state index contributed by atoms with van der Waals surface area (Å²) in [6.07, 6.45) is 0. The SMILES string of the molecule is Cc1ccc2c(c1)C(=O)/C(=C(\Cl)C(=O)O)O2. The number of ether oxygens (including phenoxy) is 1. The average molecular weight is 239 g/mol. The molecule has 0 radical (unpaired) electrons. The highest BCUT2D eigenvalue weighted by atomic mass is 35.5. The lowest BCUT2D eigenvalue weighted by Gasteiger charge is -1.98. The number of Topliss-reactive ketones (excluding diaryl/α,β-unsaturated/α-hetero) is 1. The molecule has 16 heavy (non-hydrogen) atoms. The van der Waals surface area contributed by atoms with Gasteiger partial charge in [-0.15, -0.1) is 0 Å². The number of allylic oxidation sites excluding steroid dienone is 1. The van der Waals surface area contributed by atoms with Gasteiger partial charge in [0.25, 0.3) is 0 Å². The van der Waals surface area contributed by atoms with E-state index < -0.39 is 16.8 Å². The highest BCUT2D eigenvalue weighted by Crippen LogP contribution is 2.33. The van der Waals surface area contributed by atoms with Crippen LogP contribution in [-0.2, 0) is 4.79 Å². The van der Waals surface area contributed by atoms with Gasteiger partial charge in [0, 0.05) is 0 Å². The van der Waals surface area contributed by atoms with E-state index in [9.17, 15) is 9.59 Å². The third-order valence-electron chi connectivity index (χ3n) is 2.19. The minimum absolute atomic E-state index is 0.324. The van der Waals surface area contributed by atoms with Gasteiger partial charge in [0.1, 0.15) is 5.75 Å². The Morgan fingerprint density at radius 3 is 2.75 bits per heavy atom. The molecule has 0 fully saturated rings. The van der Waals surface area contributed by atoms with E-state index in [1.54, 1.807) is 18.2 Å². The highest BCUT2D eigenvalue weighted by molar-refractivity contribution is 6.43. The molecular formula is C11H7ClO4. The van der Waals surface area contributed by atoms with E-state index in [1.807, 2.05) is 6.92 Å². The van der Waals surface area contributed by atoms with E-state index in [0.717, 1.165) is 5.56 Å². The predicted molar refractivity (Wildman–Crippen MR) is 56.7 cm³/mol. The Kier molecular flexibility index (Phi) is 2.44. The summed E-state index contributed by atoms with van der Waals surface area (Å²) in [6.45, 7) is 1.83. The maximum atomic E-state index is 11.8. The largest absolute Gasteiger partial charge is 0.477 e. The van der Waals surface area contributed by atoms with Gasteiger partial charge in [-0.3, -0.25) is 4.79 Å². The quantitative estimate of drug-likeness (QED) is 0.761. The maximum absolute atomic E-state index is 11.8. The zero-order valence-corrected chi connectivity index (χ0v) is 9.04. The first-order valence-electron chi connectivity index (χ1n) is 4.47. The van der Waals surface area contributed by atoms with Crippen LogP contribution in [0.3, 0.4) is 0 Å². The van der Waals surface area contributed by atoms with Crippen LogP contribution in [0.1, 0.15) is 15.9 Å². The fourth-order valence-corrected chi connectivity index (χ4v) is 1.55. The summed E-state index contributed by atoms with van der Waals surface area (Å²) in [5, 5.41) is 8.07. The first-order valence-corrected chi connectivity index (χ1v) is 4.85. The second-order valence-corrected chi connectivity index (χ2v) is 3.76. The predicted octanol–water partition coefficient (Wildman–Crippen LogP) is 2.11. The van der Waals surface area contributed by atoms with Gasteiger partial charge in [-0.05, 0) is 19.1 Å². The molecule has 4 nitrogen and oxygen atoms in total. The van der Waals surface area contributed by atoms with Gasteiger partial charge in [0.15, 0.2) is 5.03 Å². The Morgan fingerprint density at radius 1 is 1.44 bits per heavy atom. The molecule has 0 saturated carbocycles.